The van der Waals surface area contributed by atoms with E-state index in [4.69, 9.17) is 5.73 Å². The van der Waals surface area contributed by atoms with E-state index in [1.165, 1.54) is 0 Å². The van der Waals surface area contributed by atoms with Crippen LogP contribution >= 0.6 is 0 Å². The van der Waals surface area contributed by atoms with Crippen LogP contribution in [-0.2, 0) is 4.79 Å². The van der Waals surface area contributed by atoms with E-state index >= 15 is 0 Å². The number of hydrogen-bond acceptors (Lipinski definition) is 2. The minimum Gasteiger partial charge on any atom is -0.324 e. The first kappa shape index (κ1) is 5.69. The van der Waals surface area contributed by atoms with Crippen molar-refractivity contribution in [3.8, 4) is 0 Å². The van der Waals surface area contributed by atoms with Gasteiger partial charge in [-0.2, -0.15) is 0 Å². The number of nitrogens with two attached hydrogens (primary N) is 1. The molecule has 1 fully saturated rings. The van der Waals surface area contributed by atoms with Gasteiger partial charge in [-0.05, 0) is 12.8 Å². The minimum absolute atomic E-state index is 0.156. The molecule has 3 heteroatoms. The van der Waals surface area contributed by atoms with Crippen LogP contribution in [0.4, 0.5) is 4.39 Å². The summed E-state index contributed by atoms with van der Waals surface area (Å²) < 4.78 is 12.5. The van der Waals surface area contributed by atoms with Crippen LogP contribution < -0.4 is 5.73 Å². The van der Waals surface area contributed by atoms with E-state index in [1.54, 1.807) is 0 Å². The first-order valence-corrected chi connectivity index (χ1v) is 2.61. The smallest absolute Gasteiger partial charge is 0.183 e. The predicted molar refractivity (Wildman–Crippen MR) is 27.1 cm³/mol. The van der Waals surface area contributed by atoms with E-state index in [0.29, 0.717) is 12.8 Å². The fourth-order valence-corrected chi connectivity index (χ4v) is 0.571. The fraction of sp³-hybridized carbons (Fsp3) is 0.800. The molecule has 0 radical (unpaired) electrons. The van der Waals surface area contributed by atoms with Gasteiger partial charge in [0.1, 0.15) is 0 Å². The molecule has 1 saturated carbocycles. The lowest BCUT2D eigenvalue weighted by Gasteiger charge is -1.96. The maximum Gasteiger partial charge on any atom is 0.183 e. The van der Waals surface area contributed by atoms with Gasteiger partial charge in [-0.3, -0.25) is 4.79 Å². The summed E-state index contributed by atoms with van der Waals surface area (Å²) in [6.45, 7) is -0.156. The number of ketones is 1. The average molecular weight is 117 g/mol. The van der Waals surface area contributed by atoms with Gasteiger partial charge in [-0.15, -0.1) is 0 Å². The van der Waals surface area contributed by atoms with Crippen LogP contribution in [-0.4, -0.2) is 18.0 Å². The molecule has 0 aliphatic heterocycles. The normalized spacial score (nSPS) is 22.8. The Morgan fingerprint density at radius 3 is 2.38 bits per heavy atom. The van der Waals surface area contributed by atoms with Crippen molar-refractivity contribution in [1.29, 1.82) is 0 Å². The van der Waals surface area contributed by atoms with Crippen molar-refractivity contribution in [2.75, 3.05) is 6.54 Å². The number of hydrogen-bond donors (Lipinski definition) is 1. The van der Waals surface area contributed by atoms with Gasteiger partial charge in [0.2, 0.25) is 0 Å². The molecule has 0 amide bonds. The molecule has 0 heterocycles. The van der Waals surface area contributed by atoms with Gasteiger partial charge in [-0.1, -0.05) is 0 Å². The number of carbonyl (C=O) groups excluding carboxylic acids is 1. The van der Waals surface area contributed by atoms with E-state index in [0.717, 1.165) is 0 Å². The summed E-state index contributed by atoms with van der Waals surface area (Å²) in [5.41, 5.74) is 3.40. The number of alkyl halides is 1. The van der Waals surface area contributed by atoms with Gasteiger partial charge < -0.3 is 5.73 Å². The summed E-state index contributed by atoms with van der Waals surface area (Å²) in [6, 6.07) is 0. The second-order valence-corrected chi connectivity index (χ2v) is 2.09. The Labute approximate surface area is 46.9 Å². The number of Topliss-reactive ketones (excluding diaryl/α,β-unsaturated/α-hetero) is 1. The summed E-state index contributed by atoms with van der Waals surface area (Å²) in [4.78, 5) is 10.4. The molecule has 2 N–H and O–H groups in total. The van der Waals surface area contributed by atoms with E-state index in [1.807, 2.05) is 0 Å². The topological polar surface area (TPSA) is 43.1 Å². The van der Waals surface area contributed by atoms with Crippen LogP contribution in [0.3, 0.4) is 0 Å². The molecule has 1 aliphatic rings. The molecule has 0 bridgehead atoms. The van der Waals surface area contributed by atoms with Crippen molar-refractivity contribution in [2.24, 2.45) is 5.73 Å². The Bertz CT molecular complexity index is 120. The molecular formula is C5H8FNO. The lowest BCUT2D eigenvalue weighted by atomic mass is 10.2. The number of rotatable bonds is 2. The van der Waals surface area contributed by atoms with Crippen LogP contribution in [0.2, 0.25) is 0 Å². The van der Waals surface area contributed by atoms with Crippen LogP contribution in [0.1, 0.15) is 12.8 Å². The lowest BCUT2D eigenvalue weighted by molar-refractivity contribution is -0.123. The SMILES string of the molecule is NCC(=O)C1(F)CC1. The highest BCUT2D eigenvalue weighted by Crippen LogP contribution is 2.40. The standard InChI is InChI=1S/C5H8FNO/c6-5(1-2-5)4(8)3-7/h1-3,7H2. The van der Waals surface area contributed by atoms with Gasteiger partial charge in [-0.25, -0.2) is 4.39 Å². The highest BCUT2D eigenvalue weighted by atomic mass is 19.1. The largest absolute Gasteiger partial charge is 0.324 e. The van der Waals surface area contributed by atoms with Crippen molar-refractivity contribution in [1.82, 2.24) is 0 Å². The first-order valence-electron chi connectivity index (χ1n) is 2.61. The highest BCUT2D eigenvalue weighted by Gasteiger charge is 2.49. The zero-order chi connectivity index (χ0) is 6.20. The van der Waals surface area contributed by atoms with Gasteiger partial charge in [0, 0.05) is 0 Å². The Hall–Kier alpha value is -0.440. The molecule has 1 rings (SSSR count). The molecule has 0 unspecified atom stereocenters. The third-order valence-corrected chi connectivity index (χ3v) is 1.37. The molecule has 0 aromatic heterocycles. The van der Waals surface area contributed by atoms with Crippen molar-refractivity contribution in [2.45, 2.75) is 18.5 Å². The average Bonchev–Trinajstić information content (AvgIpc) is 2.47. The first-order chi connectivity index (χ1) is 3.69. The molecule has 1 aliphatic carbocycles. The molecule has 8 heavy (non-hydrogen) atoms. The van der Waals surface area contributed by atoms with Gasteiger partial charge in [0.25, 0.3) is 0 Å². The van der Waals surface area contributed by atoms with Crippen molar-refractivity contribution in [3.05, 3.63) is 0 Å². The van der Waals surface area contributed by atoms with E-state index in [2.05, 4.69) is 0 Å². The summed E-state index contributed by atoms with van der Waals surface area (Å²) >= 11 is 0. The lowest BCUT2D eigenvalue weighted by Crippen LogP contribution is -2.25. The number of carbonyl (C=O) groups is 1. The fourth-order valence-electron chi connectivity index (χ4n) is 0.571. The second kappa shape index (κ2) is 1.52. The molecule has 0 spiro atoms. The van der Waals surface area contributed by atoms with E-state index < -0.39 is 11.5 Å². The maximum atomic E-state index is 12.5. The second-order valence-electron chi connectivity index (χ2n) is 2.09. The summed E-state index contributed by atoms with van der Waals surface area (Å²) in [5, 5.41) is 0. The Balaban J connectivity index is 2.46. The summed E-state index contributed by atoms with van der Waals surface area (Å²) in [5.74, 6) is -0.447. The zero-order valence-electron chi connectivity index (χ0n) is 4.48. The maximum absolute atomic E-state index is 12.5. The molecule has 0 atom stereocenters. The van der Waals surface area contributed by atoms with E-state index in [-0.39, 0.29) is 6.54 Å². The monoisotopic (exact) mass is 117 g/mol. The molecule has 0 aromatic carbocycles. The van der Waals surface area contributed by atoms with Crippen molar-refractivity contribution in [3.63, 3.8) is 0 Å². The summed E-state index contributed by atoms with van der Waals surface area (Å²) in [7, 11) is 0. The third-order valence-electron chi connectivity index (χ3n) is 1.37. The summed E-state index contributed by atoms with van der Waals surface area (Å²) in [6.07, 6.45) is 0.756. The van der Waals surface area contributed by atoms with Gasteiger partial charge >= 0.3 is 0 Å². The van der Waals surface area contributed by atoms with Crippen LogP contribution in [0.25, 0.3) is 0 Å². The highest BCUT2D eigenvalue weighted by molar-refractivity contribution is 5.91. The van der Waals surface area contributed by atoms with Crippen molar-refractivity contribution < 1.29 is 9.18 Å². The third kappa shape index (κ3) is 0.733. The molecule has 46 valence electrons. The van der Waals surface area contributed by atoms with Crippen LogP contribution in [0.5, 0.6) is 0 Å². The van der Waals surface area contributed by atoms with Gasteiger partial charge in [0.05, 0.1) is 6.54 Å². The van der Waals surface area contributed by atoms with Gasteiger partial charge in [0.15, 0.2) is 11.5 Å². The molecule has 0 saturated heterocycles. The zero-order valence-corrected chi connectivity index (χ0v) is 4.48. The van der Waals surface area contributed by atoms with Crippen LogP contribution in [0.15, 0.2) is 0 Å². The Morgan fingerprint density at radius 1 is 1.75 bits per heavy atom. The number of halogens is 1. The van der Waals surface area contributed by atoms with Crippen molar-refractivity contribution >= 4 is 5.78 Å². The Kier molecular flexibility index (Phi) is 1.08. The predicted octanol–water partition coefficient (Wildman–Crippen LogP) is 0.0163. The molecular weight excluding hydrogens is 109 g/mol. The van der Waals surface area contributed by atoms with Crippen LogP contribution in [0, 0.1) is 0 Å². The quantitative estimate of drug-likeness (QED) is 0.554. The Morgan fingerprint density at radius 2 is 2.25 bits per heavy atom. The minimum atomic E-state index is -1.51. The molecule has 2 nitrogen and oxygen atoms in total. The molecule has 0 aromatic rings. The van der Waals surface area contributed by atoms with E-state index in [9.17, 15) is 9.18 Å².